The van der Waals surface area contributed by atoms with E-state index in [-0.39, 0.29) is 11.4 Å². The molecule has 0 radical (unpaired) electrons. The summed E-state index contributed by atoms with van der Waals surface area (Å²) in [4.78, 5) is 0.724. The molecule has 1 atom stereocenters. The Morgan fingerprint density at radius 2 is 2.05 bits per heavy atom. The summed E-state index contributed by atoms with van der Waals surface area (Å²) < 4.78 is 19.0. The van der Waals surface area contributed by atoms with Crippen molar-refractivity contribution in [2.75, 3.05) is 19.4 Å². The van der Waals surface area contributed by atoms with Gasteiger partial charge < -0.3 is 10.1 Å². The van der Waals surface area contributed by atoms with Gasteiger partial charge in [0.05, 0.1) is 5.60 Å². The maximum Gasteiger partial charge on any atom is 0.136 e. The molecule has 4 heteroatoms. The summed E-state index contributed by atoms with van der Waals surface area (Å²) in [6.45, 7) is 7.22. The fourth-order valence-corrected chi connectivity index (χ4v) is 2.96. The average Bonchev–Trinajstić information content (AvgIpc) is 2.43. The molecule has 0 bridgehead atoms. The molecule has 0 saturated carbocycles. The van der Waals surface area contributed by atoms with Crippen LogP contribution in [-0.4, -0.2) is 31.1 Å². The zero-order valence-electron chi connectivity index (χ0n) is 12.9. The third kappa shape index (κ3) is 6.25. The zero-order valence-corrected chi connectivity index (χ0v) is 13.7. The number of rotatable bonds is 9. The van der Waals surface area contributed by atoms with Crippen molar-refractivity contribution >= 4 is 11.8 Å². The van der Waals surface area contributed by atoms with Crippen molar-refractivity contribution in [3.05, 3.63) is 30.1 Å². The van der Waals surface area contributed by atoms with E-state index in [1.807, 2.05) is 12.1 Å². The van der Waals surface area contributed by atoms with Crippen LogP contribution in [0.15, 0.2) is 29.2 Å². The molecule has 0 aliphatic heterocycles. The van der Waals surface area contributed by atoms with E-state index in [4.69, 9.17) is 4.74 Å². The van der Waals surface area contributed by atoms with Gasteiger partial charge in [0.25, 0.3) is 0 Å². The first-order chi connectivity index (χ1) is 9.48. The van der Waals surface area contributed by atoms with E-state index in [0.29, 0.717) is 6.04 Å². The molecular weight excluding hydrogens is 273 g/mol. The minimum atomic E-state index is -0.134. The van der Waals surface area contributed by atoms with Gasteiger partial charge in [-0.15, -0.1) is 11.8 Å². The van der Waals surface area contributed by atoms with Gasteiger partial charge in [0.1, 0.15) is 5.82 Å². The Balaban J connectivity index is 2.49. The van der Waals surface area contributed by atoms with Crippen molar-refractivity contribution in [2.45, 2.75) is 50.2 Å². The predicted molar refractivity (Wildman–Crippen MR) is 84.9 cm³/mol. The molecule has 1 aromatic rings. The van der Waals surface area contributed by atoms with Crippen LogP contribution < -0.4 is 5.32 Å². The van der Waals surface area contributed by atoms with Gasteiger partial charge in [-0.05, 0) is 45.4 Å². The van der Waals surface area contributed by atoms with Crippen LogP contribution >= 0.6 is 11.8 Å². The molecule has 2 nitrogen and oxygen atoms in total. The smallest absolute Gasteiger partial charge is 0.136 e. The maximum absolute atomic E-state index is 13.6. The van der Waals surface area contributed by atoms with Gasteiger partial charge in [-0.3, -0.25) is 0 Å². The molecule has 20 heavy (non-hydrogen) atoms. The van der Waals surface area contributed by atoms with Gasteiger partial charge in [0, 0.05) is 23.8 Å². The first-order valence-electron chi connectivity index (χ1n) is 7.14. The van der Waals surface area contributed by atoms with Gasteiger partial charge in [-0.25, -0.2) is 4.39 Å². The minimum absolute atomic E-state index is 0.101. The van der Waals surface area contributed by atoms with E-state index < -0.39 is 0 Å². The second-order valence-corrected chi connectivity index (χ2v) is 6.56. The lowest BCUT2D eigenvalue weighted by Gasteiger charge is -2.26. The Hall–Kier alpha value is -0.580. The Bertz CT molecular complexity index is 398. The summed E-state index contributed by atoms with van der Waals surface area (Å²) >= 11 is 1.57. The summed E-state index contributed by atoms with van der Waals surface area (Å²) in [7, 11) is 1.75. The quantitative estimate of drug-likeness (QED) is 0.694. The second-order valence-electron chi connectivity index (χ2n) is 5.50. The lowest BCUT2D eigenvalue weighted by Crippen LogP contribution is -2.34. The van der Waals surface area contributed by atoms with E-state index >= 15 is 0 Å². The zero-order chi connectivity index (χ0) is 15.0. The molecule has 0 amide bonds. The highest BCUT2D eigenvalue weighted by Gasteiger charge is 2.19. The number of thioether (sulfide) groups is 1. The molecule has 0 aliphatic rings. The summed E-state index contributed by atoms with van der Waals surface area (Å²) in [6.07, 6.45) is 2.01. The monoisotopic (exact) mass is 299 g/mol. The van der Waals surface area contributed by atoms with Gasteiger partial charge in [0.2, 0.25) is 0 Å². The fraction of sp³-hybridized carbons (Fsp3) is 0.625. The van der Waals surface area contributed by atoms with Gasteiger partial charge in [-0.2, -0.15) is 0 Å². The molecule has 0 aromatic heterocycles. The molecule has 0 spiro atoms. The Labute approximate surface area is 126 Å². The molecule has 0 aliphatic carbocycles. The van der Waals surface area contributed by atoms with E-state index in [9.17, 15) is 4.39 Å². The lowest BCUT2D eigenvalue weighted by molar-refractivity contribution is 0.0122. The predicted octanol–water partition coefficient (Wildman–Crippen LogP) is 4.10. The van der Waals surface area contributed by atoms with Crippen molar-refractivity contribution in [3.63, 3.8) is 0 Å². The average molecular weight is 299 g/mol. The van der Waals surface area contributed by atoms with Crippen LogP contribution in [0.4, 0.5) is 4.39 Å². The maximum atomic E-state index is 13.6. The van der Waals surface area contributed by atoms with Crippen LogP contribution in [-0.2, 0) is 4.74 Å². The molecule has 1 N–H and O–H groups in total. The van der Waals surface area contributed by atoms with Crippen molar-refractivity contribution < 1.29 is 9.13 Å². The van der Waals surface area contributed by atoms with E-state index in [2.05, 4.69) is 26.1 Å². The van der Waals surface area contributed by atoms with Crippen molar-refractivity contribution in [1.82, 2.24) is 5.32 Å². The molecule has 114 valence electrons. The third-order valence-electron chi connectivity index (χ3n) is 3.42. The minimum Gasteiger partial charge on any atom is -0.379 e. The molecule has 1 unspecified atom stereocenters. The van der Waals surface area contributed by atoms with E-state index in [1.165, 1.54) is 6.07 Å². The van der Waals surface area contributed by atoms with E-state index in [1.54, 1.807) is 24.9 Å². The van der Waals surface area contributed by atoms with Crippen molar-refractivity contribution in [1.29, 1.82) is 0 Å². The van der Waals surface area contributed by atoms with E-state index in [0.717, 1.165) is 30.0 Å². The highest BCUT2D eigenvalue weighted by Crippen LogP contribution is 2.24. The Morgan fingerprint density at radius 1 is 1.35 bits per heavy atom. The molecule has 0 heterocycles. The number of hydrogen-bond acceptors (Lipinski definition) is 3. The molecule has 1 rings (SSSR count). The molecular formula is C16H26FNOS. The van der Waals surface area contributed by atoms with Gasteiger partial charge >= 0.3 is 0 Å². The highest BCUT2D eigenvalue weighted by molar-refractivity contribution is 7.99. The number of nitrogens with one attached hydrogen (secondary N) is 1. The molecule has 1 aromatic carbocycles. The van der Waals surface area contributed by atoms with Crippen molar-refractivity contribution in [2.24, 2.45) is 0 Å². The van der Waals surface area contributed by atoms with Gasteiger partial charge in [0.15, 0.2) is 0 Å². The lowest BCUT2D eigenvalue weighted by atomic mass is 9.99. The Morgan fingerprint density at radius 3 is 2.65 bits per heavy atom. The number of hydrogen-bond donors (Lipinski definition) is 1. The third-order valence-corrected chi connectivity index (χ3v) is 4.63. The molecule has 0 saturated heterocycles. The largest absolute Gasteiger partial charge is 0.379 e. The SMILES string of the molecule is CCNC(CCC(C)(C)OC)CSc1ccccc1F. The first-order valence-corrected chi connectivity index (χ1v) is 8.13. The number of benzene rings is 1. The number of halogens is 1. The van der Waals surface area contributed by atoms with Crippen LogP contribution in [0.5, 0.6) is 0 Å². The van der Waals surface area contributed by atoms with Crippen LogP contribution in [0.3, 0.4) is 0 Å². The highest BCUT2D eigenvalue weighted by atomic mass is 32.2. The first kappa shape index (κ1) is 17.5. The van der Waals surface area contributed by atoms with Crippen LogP contribution in [0.2, 0.25) is 0 Å². The summed E-state index contributed by atoms with van der Waals surface area (Å²) in [5.74, 6) is 0.735. The number of ether oxygens (including phenoxy) is 1. The van der Waals surface area contributed by atoms with Gasteiger partial charge in [-0.1, -0.05) is 19.1 Å². The standard InChI is InChI=1S/C16H26FNOS/c1-5-18-13(10-11-16(2,3)19-4)12-20-15-9-7-6-8-14(15)17/h6-9,13,18H,5,10-12H2,1-4H3. The van der Waals surface area contributed by atoms with Crippen molar-refractivity contribution in [3.8, 4) is 0 Å². The van der Waals surface area contributed by atoms with Crippen LogP contribution in [0.1, 0.15) is 33.6 Å². The number of methoxy groups -OCH3 is 1. The van der Waals surface area contributed by atoms with Crippen LogP contribution in [0, 0.1) is 5.82 Å². The summed E-state index contributed by atoms with van der Waals surface area (Å²) in [5, 5.41) is 3.47. The van der Waals surface area contributed by atoms with Crippen LogP contribution in [0.25, 0.3) is 0 Å². The topological polar surface area (TPSA) is 21.3 Å². The summed E-state index contributed by atoms with van der Waals surface area (Å²) in [6, 6.07) is 7.32. The fourth-order valence-electron chi connectivity index (χ4n) is 1.91. The molecule has 0 fully saturated rings. The Kier molecular flexibility index (Phi) is 7.56. The second kappa shape index (κ2) is 8.65. The summed E-state index contributed by atoms with van der Waals surface area (Å²) in [5.41, 5.74) is -0.101. The normalized spacial score (nSPS) is 13.4.